The normalized spacial score (nSPS) is 24.5. The van der Waals surface area contributed by atoms with E-state index in [1.54, 1.807) is 0 Å². The van der Waals surface area contributed by atoms with Crippen molar-refractivity contribution in [2.45, 2.75) is 38.1 Å². The molecule has 1 amide bonds. The summed E-state index contributed by atoms with van der Waals surface area (Å²) in [6.07, 6.45) is 10.1. The van der Waals surface area contributed by atoms with Crippen LogP contribution < -0.4 is 10.1 Å². The van der Waals surface area contributed by atoms with Gasteiger partial charge in [0.2, 0.25) is 0 Å². The molecule has 4 rings (SSSR count). The van der Waals surface area contributed by atoms with Crippen molar-refractivity contribution >= 4 is 28.9 Å². The van der Waals surface area contributed by atoms with Gasteiger partial charge in [0.1, 0.15) is 12.4 Å². The number of nitrogens with zero attached hydrogens (tertiary/aromatic N) is 1. The van der Waals surface area contributed by atoms with E-state index in [1.165, 1.54) is 31.0 Å². The standard InChI is InChI=1S/C19H20N2O2S/c22-18-17(24-19(21-18)20-15-7-2-1-3-8-15)11-13-10-14-6-4-5-9-16(14)23-12-13/h4-6,9-11,15H,1-3,7-8,12H2,(H,20,21,22). The summed E-state index contributed by atoms with van der Waals surface area (Å²) in [6.45, 7) is 0.490. The minimum atomic E-state index is -0.0608. The minimum absolute atomic E-state index is 0.0608. The highest BCUT2D eigenvalue weighted by atomic mass is 32.2. The zero-order chi connectivity index (χ0) is 16.4. The number of amidine groups is 1. The molecule has 1 N–H and O–H groups in total. The molecule has 1 aromatic carbocycles. The first-order valence-electron chi connectivity index (χ1n) is 8.49. The summed E-state index contributed by atoms with van der Waals surface area (Å²) >= 11 is 1.44. The van der Waals surface area contributed by atoms with Gasteiger partial charge < -0.3 is 10.1 Å². The lowest BCUT2D eigenvalue weighted by atomic mass is 9.96. The Morgan fingerprint density at radius 2 is 2.04 bits per heavy atom. The molecular weight excluding hydrogens is 320 g/mol. The summed E-state index contributed by atoms with van der Waals surface area (Å²) in [5, 5.41) is 3.64. The quantitative estimate of drug-likeness (QED) is 0.831. The number of benzene rings is 1. The molecule has 5 heteroatoms. The van der Waals surface area contributed by atoms with E-state index < -0.39 is 0 Å². The Hall–Kier alpha value is -2.01. The highest BCUT2D eigenvalue weighted by Gasteiger charge is 2.26. The van der Waals surface area contributed by atoms with Gasteiger partial charge in [0.25, 0.3) is 5.91 Å². The van der Waals surface area contributed by atoms with E-state index in [4.69, 9.17) is 9.73 Å². The molecule has 1 saturated carbocycles. The van der Waals surface area contributed by atoms with Gasteiger partial charge in [-0.1, -0.05) is 37.5 Å². The molecule has 3 aliphatic rings. The number of nitrogens with one attached hydrogen (secondary N) is 1. The summed E-state index contributed by atoms with van der Waals surface area (Å²) in [4.78, 5) is 17.6. The number of hydrogen-bond donors (Lipinski definition) is 1. The Morgan fingerprint density at radius 1 is 1.21 bits per heavy atom. The smallest absolute Gasteiger partial charge is 0.264 e. The van der Waals surface area contributed by atoms with Crippen molar-refractivity contribution in [2.24, 2.45) is 4.99 Å². The van der Waals surface area contributed by atoms with E-state index in [-0.39, 0.29) is 5.91 Å². The zero-order valence-corrected chi connectivity index (χ0v) is 14.3. The van der Waals surface area contributed by atoms with E-state index in [1.807, 2.05) is 30.3 Å². The molecule has 2 heterocycles. The molecule has 2 fully saturated rings. The first kappa shape index (κ1) is 15.5. The molecule has 0 aromatic heterocycles. The summed E-state index contributed by atoms with van der Waals surface area (Å²) in [5.74, 6) is 0.831. The second-order valence-electron chi connectivity index (χ2n) is 6.34. The van der Waals surface area contributed by atoms with Crippen molar-refractivity contribution in [2.75, 3.05) is 6.61 Å². The van der Waals surface area contributed by atoms with Gasteiger partial charge in [0.05, 0.1) is 10.9 Å². The molecule has 0 radical (unpaired) electrons. The lowest BCUT2D eigenvalue weighted by molar-refractivity contribution is -0.115. The largest absolute Gasteiger partial charge is 0.488 e. The predicted octanol–water partition coefficient (Wildman–Crippen LogP) is 3.90. The van der Waals surface area contributed by atoms with E-state index in [2.05, 4.69) is 11.4 Å². The maximum atomic E-state index is 12.2. The first-order chi connectivity index (χ1) is 11.8. The second kappa shape index (κ2) is 6.85. The van der Waals surface area contributed by atoms with Crippen LogP contribution in [0.3, 0.4) is 0 Å². The second-order valence-corrected chi connectivity index (χ2v) is 7.37. The van der Waals surface area contributed by atoms with Gasteiger partial charge in [-0.3, -0.25) is 9.79 Å². The Kier molecular flexibility index (Phi) is 4.43. The summed E-state index contributed by atoms with van der Waals surface area (Å²) < 4.78 is 5.75. The maximum Gasteiger partial charge on any atom is 0.264 e. The topological polar surface area (TPSA) is 50.7 Å². The van der Waals surface area contributed by atoms with Crippen LogP contribution in [0.4, 0.5) is 0 Å². The lowest BCUT2D eigenvalue weighted by Crippen LogP contribution is -2.22. The van der Waals surface area contributed by atoms with Gasteiger partial charge in [-0.15, -0.1) is 0 Å². The molecule has 0 atom stereocenters. The SMILES string of the molecule is O=C1NC(=NC2CCCCC2)SC1=CC1=Cc2ccccc2OC1. The number of aliphatic imine (C=N–C) groups is 1. The molecular formula is C19H20N2O2S. The summed E-state index contributed by atoms with van der Waals surface area (Å²) in [6, 6.07) is 8.29. The molecule has 0 unspecified atom stereocenters. The van der Waals surface area contributed by atoms with Crippen LogP contribution in [0.5, 0.6) is 5.75 Å². The number of ether oxygens (including phenoxy) is 1. The molecule has 24 heavy (non-hydrogen) atoms. The Morgan fingerprint density at radius 3 is 2.92 bits per heavy atom. The fraction of sp³-hybridized carbons (Fsp3) is 0.368. The van der Waals surface area contributed by atoms with Crippen LogP contribution in [0.1, 0.15) is 37.7 Å². The van der Waals surface area contributed by atoms with Gasteiger partial charge >= 0.3 is 0 Å². The van der Waals surface area contributed by atoms with Gasteiger partial charge in [0.15, 0.2) is 5.17 Å². The average molecular weight is 340 g/mol. The Bertz CT molecular complexity index is 745. The van der Waals surface area contributed by atoms with Crippen LogP contribution >= 0.6 is 11.8 Å². The van der Waals surface area contributed by atoms with E-state index in [0.717, 1.165) is 34.9 Å². The van der Waals surface area contributed by atoms with Crippen LogP contribution in [0.25, 0.3) is 6.08 Å². The molecule has 1 saturated heterocycles. The number of rotatable bonds is 2. The van der Waals surface area contributed by atoms with Crippen LogP contribution in [0.2, 0.25) is 0 Å². The van der Waals surface area contributed by atoms with E-state index in [0.29, 0.717) is 17.6 Å². The number of carbonyl (C=O) groups excluding carboxylic acids is 1. The van der Waals surface area contributed by atoms with Crippen LogP contribution in [0.15, 0.2) is 45.8 Å². The molecule has 1 aliphatic carbocycles. The van der Waals surface area contributed by atoms with Crippen molar-refractivity contribution in [3.63, 3.8) is 0 Å². The fourth-order valence-corrected chi connectivity index (χ4v) is 4.16. The lowest BCUT2D eigenvalue weighted by Gasteiger charge is -2.17. The van der Waals surface area contributed by atoms with E-state index >= 15 is 0 Å². The van der Waals surface area contributed by atoms with Crippen molar-refractivity contribution in [3.05, 3.63) is 46.4 Å². The number of carbonyl (C=O) groups is 1. The van der Waals surface area contributed by atoms with Crippen LogP contribution in [0, 0.1) is 0 Å². The van der Waals surface area contributed by atoms with Crippen LogP contribution in [-0.2, 0) is 4.79 Å². The molecule has 1 aromatic rings. The highest BCUT2D eigenvalue weighted by Crippen LogP contribution is 2.31. The number of thioether (sulfide) groups is 1. The van der Waals surface area contributed by atoms with Gasteiger partial charge in [0, 0.05) is 5.56 Å². The molecule has 4 nitrogen and oxygen atoms in total. The third kappa shape index (κ3) is 3.41. The fourth-order valence-electron chi connectivity index (χ4n) is 3.25. The predicted molar refractivity (Wildman–Crippen MR) is 98.0 cm³/mol. The van der Waals surface area contributed by atoms with E-state index in [9.17, 15) is 4.79 Å². The van der Waals surface area contributed by atoms with Crippen LogP contribution in [-0.4, -0.2) is 23.7 Å². The maximum absolute atomic E-state index is 12.2. The minimum Gasteiger partial charge on any atom is -0.488 e. The monoisotopic (exact) mass is 340 g/mol. The van der Waals surface area contributed by atoms with Gasteiger partial charge in [-0.2, -0.15) is 0 Å². The summed E-state index contributed by atoms with van der Waals surface area (Å²) in [5.41, 5.74) is 2.06. The average Bonchev–Trinajstić information content (AvgIpc) is 2.95. The van der Waals surface area contributed by atoms with Crippen molar-refractivity contribution in [3.8, 4) is 5.75 Å². The number of hydrogen-bond acceptors (Lipinski definition) is 4. The first-order valence-corrected chi connectivity index (χ1v) is 9.31. The number of para-hydroxylation sites is 1. The highest BCUT2D eigenvalue weighted by molar-refractivity contribution is 8.18. The Balaban J connectivity index is 1.50. The molecule has 2 aliphatic heterocycles. The van der Waals surface area contributed by atoms with Gasteiger partial charge in [-0.05, 0) is 48.4 Å². The van der Waals surface area contributed by atoms with Crippen molar-refractivity contribution < 1.29 is 9.53 Å². The number of fused-ring (bicyclic) bond motifs is 1. The summed E-state index contributed by atoms with van der Waals surface area (Å²) in [7, 11) is 0. The third-order valence-electron chi connectivity index (χ3n) is 4.50. The van der Waals surface area contributed by atoms with Crippen molar-refractivity contribution in [1.29, 1.82) is 0 Å². The molecule has 0 bridgehead atoms. The third-order valence-corrected chi connectivity index (χ3v) is 5.42. The zero-order valence-electron chi connectivity index (χ0n) is 13.5. The Labute approximate surface area is 146 Å². The van der Waals surface area contributed by atoms with Crippen molar-refractivity contribution in [1.82, 2.24) is 5.32 Å². The molecule has 124 valence electrons. The van der Waals surface area contributed by atoms with Gasteiger partial charge in [-0.25, -0.2) is 0 Å². The molecule has 0 spiro atoms. The number of amides is 1.